The SMILES string of the molecule is CCC1C(C(N)=O)CN1C1CCCCC1.Cl. The molecule has 1 saturated carbocycles. The number of primary amides is 1. The molecule has 0 spiro atoms. The molecule has 2 N–H and O–H groups in total. The van der Waals surface area contributed by atoms with Crippen molar-refractivity contribution in [3.8, 4) is 0 Å². The number of nitrogens with two attached hydrogens (primary N) is 1. The van der Waals surface area contributed by atoms with E-state index in [0.717, 1.165) is 19.0 Å². The highest BCUT2D eigenvalue weighted by molar-refractivity contribution is 5.85. The quantitative estimate of drug-likeness (QED) is 0.827. The molecule has 2 fully saturated rings. The molecule has 1 saturated heterocycles. The molecule has 1 amide bonds. The molecule has 1 aliphatic heterocycles. The fourth-order valence-corrected chi connectivity index (χ4v) is 3.21. The molecule has 16 heavy (non-hydrogen) atoms. The first kappa shape index (κ1) is 13.8. The Balaban J connectivity index is 0.00000128. The molecule has 1 aliphatic carbocycles. The molecule has 0 aromatic carbocycles. The zero-order chi connectivity index (χ0) is 10.8. The van der Waals surface area contributed by atoms with Gasteiger partial charge in [-0.25, -0.2) is 0 Å². The molecule has 0 bridgehead atoms. The average molecular weight is 247 g/mol. The summed E-state index contributed by atoms with van der Waals surface area (Å²) in [5.74, 6) is 0.0193. The fourth-order valence-electron chi connectivity index (χ4n) is 3.21. The van der Waals surface area contributed by atoms with E-state index in [1.165, 1.54) is 32.1 Å². The second-order valence-electron chi connectivity index (χ2n) is 4.97. The second kappa shape index (κ2) is 5.87. The molecule has 2 unspecified atom stereocenters. The van der Waals surface area contributed by atoms with Crippen LogP contribution in [-0.4, -0.2) is 29.4 Å². The van der Waals surface area contributed by atoms with E-state index >= 15 is 0 Å². The van der Waals surface area contributed by atoms with E-state index in [1.54, 1.807) is 0 Å². The lowest BCUT2D eigenvalue weighted by atomic mass is 9.81. The van der Waals surface area contributed by atoms with E-state index < -0.39 is 0 Å². The Morgan fingerprint density at radius 2 is 1.94 bits per heavy atom. The number of nitrogens with zero attached hydrogens (tertiary/aromatic N) is 1. The maximum Gasteiger partial charge on any atom is 0.223 e. The first-order valence-corrected chi connectivity index (χ1v) is 6.29. The van der Waals surface area contributed by atoms with Gasteiger partial charge in [0.15, 0.2) is 0 Å². The van der Waals surface area contributed by atoms with Crippen LogP contribution in [0.2, 0.25) is 0 Å². The third-order valence-electron chi connectivity index (χ3n) is 4.13. The molecule has 2 aliphatic rings. The van der Waals surface area contributed by atoms with Crippen LogP contribution in [0.1, 0.15) is 45.4 Å². The summed E-state index contributed by atoms with van der Waals surface area (Å²) in [6.07, 6.45) is 7.81. The molecule has 4 heteroatoms. The highest BCUT2D eigenvalue weighted by Gasteiger charge is 2.44. The topological polar surface area (TPSA) is 46.3 Å². The smallest absolute Gasteiger partial charge is 0.223 e. The summed E-state index contributed by atoms with van der Waals surface area (Å²) in [4.78, 5) is 13.7. The number of amides is 1. The van der Waals surface area contributed by atoms with E-state index in [2.05, 4.69) is 11.8 Å². The van der Waals surface area contributed by atoms with Gasteiger partial charge in [-0.15, -0.1) is 12.4 Å². The van der Waals surface area contributed by atoms with Crippen LogP contribution in [0.4, 0.5) is 0 Å². The van der Waals surface area contributed by atoms with E-state index in [4.69, 9.17) is 5.73 Å². The lowest BCUT2D eigenvalue weighted by Crippen LogP contribution is -2.63. The normalized spacial score (nSPS) is 31.6. The molecule has 94 valence electrons. The van der Waals surface area contributed by atoms with Crippen molar-refractivity contribution in [1.29, 1.82) is 0 Å². The van der Waals surface area contributed by atoms with Gasteiger partial charge in [0.2, 0.25) is 5.91 Å². The summed E-state index contributed by atoms with van der Waals surface area (Å²) in [5.41, 5.74) is 5.39. The summed E-state index contributed by atoms with van der Waals surface area (Å²) in [6.45, 7) is 3.08. The van der Waals surface area contributed by atoms with E-state index in [1.807, 2.05) is 0 Å². The Morgan fingerprint density at radius 1 is 1.31 bits per heavy atom. The number of carbonyl (C=O) groups excluding carboxylic acids is 1. The van der Waals surface area contributed by atoms with Crippen LogP contribution in [0.15, 0.2) is 0 Å². The van der Waals surface area contributed by atoms with Crippen molar-refractivity contribution >= 4 is 18.3 Å². The number of likely N-dealkylation sites (tertiary alicyclic amines) is 1. The first-order valence-electron chi connectivity index (χ1n) is 6.29. The Labute approximate surface area is 104 Å². The molecular weight excluding hydrogens is 224 g/mol. The van der Waals surface area contributed by atoms with Crippen LogP contribution in [0.25, 0.3) is 0 Å². The number of rotatable bonds is 3. The van der Waals surface area contributed by atoms with E-state index in [9.17, 15) is 4.79 Å². The Hall–Kier alpha value is -0.280. The lowest BCUT2D eigenvalue weighted by molar-refractivity contribution is -0.135. The molecule has 2 atom stereocenters. The minimum absolute atomic E-state index is 0. The van der Waals surface area contributed by atoms with Crippen molar-refractivity contribution in [3.63, 3.8) is 0 Å². The van der Waals surface area contributed by atoms with Crippen molar-refractivity contribution in [1.82, 2.24) is 4.90 Å². The predicted molar refractivity (Wildman–Crippen MR) is 67.6 cm³/mol. The van der Waals surface area contributed by atoms with Gasteiger partial charge in [0.1, 0.15) is 0 Å². The van der Waals surface area contributed by atoms with Gasteiger partial charge in [0.25, 0.3) is 0 Å². The van der Waals surface area contributed by atoms with Crippen LogP contribution in [0.5, 0.6) is 0 Å². The molecule has 0 aromatic heterocycles. The third-order valence-corrected chi connectivity index (χ3v) is 4.13. The van der Waals surface area contributed by atoms with Gasteiger partial charge in [-0.1, -0.05) is 26.2 Å². The van der Waals surface area contributed by atoms with Crippen molar-refractivity contribution in [2.45, 2.75) is 57.5 Å². The fraction of sp³-hybridized carbons (Fsp3) is 0.917. The first-order chi connectivity index (χ1) is 7.24. The summed E-state index contributed by atoms with van der Waals surface area (Å²) >= 11 is 0. The largest absolute Gasteiger partial charge is 0.369 e. The van der Waals surface area contributed by atoms with Crippen molar-refractivity contribution in [2.75, 3.05) is 6.54 Å². The summed E-state index contributed by atoms with van der Waals surface area (Å²) in [7, 11) is 0. The number of halogens is 1. The van der Waals surface area contributed by atoms with Gasteiger partial charge in [-0.3, -0.25) is 9.69 Å². The maximum absolute atomic E-state index is 11.2. The number of carbonyl (C=O) groups is 1. The zero-order valence-electron chi connectivity index (χ0n) is 10.0. The van der Waals surface area contributed by atoms with Gasteiger partial charge in [0.05, 0.1) is 5.92 Å². The van der Waals surface area contributed by atoms with Crippen molar-refractivity contribution in [3.05, 3.63) is 0 Å². The third kappa shape index (κ3) is 2.51. The predicted octanol–water partition coefficient (Wildman–Crippen LogP) is 1.94. The second-order valence-corrected chi connectivity index (χ2v) is 4.97. The molecule has 0 radical (unpaired) electrons. The Kier molecular flexibility index (Phi) is 5.06. The van der Waals surface area contributed by atoms with Crippen LogP contribution >= 0.6 is 12.4 Å². The van der Waals surface area contributed by atoms with Crippen LogP contribution < -0.4 is 5.73 Å². The monoisotopic (exact) mass is 246 g/mol. The standard InChI is InChI=1S/C12H22N2O.ClH/c1-2-11-10(12(13)15)8-14(11)9-6-4-3-5-7-9;/h9-11H,2-8H2,1H3,(H2,13,15);1H. The Morgan fingerprint density at radius 3 is 2.44 bits per heavy atom. The zero-order valence-corrected chi connectivity index (χ0v) is 10.8. The summed E-state index contributed by atoms with van der Waals surface area (Å²) < 4.78 is 0. The van der Waals surface area contributed by atoms with Gasteiger partial charge in [-0.2, -0.15) is 0 Å². The Bertz CT molecular complexity index is 241. The van der Waals surface area contributed by atoms with Crippen LogP contribution in [-0.2, 0) is 4.79 Å². The summed E-state index contributed by atoms with van der Waals surface area (Å²) in [6, 6.07) is 1.17. The van der Waals surface area contributed by atoms with Gasteiger partial charge < -0.3 is 5.73 Å². The number of hydrogen-bond acceptors (Lipinski definition) is 2. The average Bonchev–Trinajstić information content (AvgIpc) is 2.18. The van der Waals surface area contributed by atoms with Gasteiger partial charge in [0, 0.05) is 18.6 Å². The highest BCUT2D eigenvalue weighted by atomic mass is 35.5. The van der Waals surface area contributed by atoms with Crippen LogP contribution in [0.3, 0.4) is 0 Å². The van der Waals surface area contributed by atoms with Crippen molar-refractivity contribution < 1.29 is 4.79 Å². The number of hydrogen-bond donors (Lipinski definition) is 1. The molecule has 1 heterocycles. The minimum Gasteiger partial charge on any atom is -0.369 e. The van der Waals surface area contributed by atoms with E-state index in [0.29, 0.717) is 6.04 Å². The molecular formula is C12H23ClN2O. The van der Waals surface area contributed by atoms with E-state index in [-0.39, 0.29) is 24.2 Å². The highest BCUT2D eigenvalue weighted by Crippen LogP contribution is 2.34. The molecule has 0 aromatic rings. The lowest BCUT2D eigenvalue weighted by Gasteiger charge is -2.51. The summed E-state index contributed by atoms with van der Waals surface area (Å²) in [5, 5.41) is 0. The molecule has 2 rings (SSSR count). The minimum atomic E-state index is -0.103. The van der Waals surface area contributed by atoms with Gasteiger partial charge in [-0.05, 0) is 19.3 Å². The van der Waals surface area contributed by atoms with Crippen LogP contribution in [0, 0.1) is 5.92 Å². The molecule has 3 nitrogen and oxygen atoms in total. The van der Waals surface area contributed by atoms with Crippen molar-refractivity contribution in [2.24, 2.45) is 11.7 Å². The van der Waals surface area contributed by atoms with Gasteiger partial charge >= 0.3 is 0 Å². The maximum atomic E-state index is 11.2.